The van der Waals surface area contributed by atoms with Crippen LogP contribution in [-0.2, 0) is 16.1 Å². The molecule has 6 nitrogen and oxygen atoms in total. The third kappa shape index (κ3) is 4.68. The van der Waals surface area contributed by atoms with Crippen LogP contribution in [0.25, 0.3) is 0 Å². The SMILES string of the molecule is O=C(COC(=O)c1cnccn1)NCc1ccc(Cl)cc1Cl. The summed E-state index contributed by atoms with van der Waals surface area (Å²) in [5.41, 5.74) is 0.746. The standard InChI is InChI=1S/C14H11Cl2N3O3/c15-10-2-1-9(11(16)5-10)6-19-13(20)8-22-14(21)12-7-17-3-4-18-12/h1-5,7H,6,8H2,(H,19,20). The van der Waals surface area contributed by atoms with E-state index in [1.54, 1.807) is 18.2 Å². The number of ether oxygens (including phenoxy) is 1. The highest BCUT2D eigenvalue weighted by atomic mass is 35.5. The van der Waals surface area contributed by atoms with Gasteiger partial charge in [-0.3, -0.25) is 9.78 Å². The van der Waals surface area contributed by atoms with E-state index in [1.165, 1.54) is 18.6 Å². The Bertz CT molecular complexity index is 680. The van der Waals surface area contributed by atoms with Gasteiger partial charge in [-0.1, -0.05) is 29.3 Å². The van der Waals surface area contributed by atoms with E-state index in [0.717, 1.165) is 0 Å². The van der Waals surface area contributed by atoms with Gasteiger partial charge in [0.05, 0.1) is 6.20 Å². The van der Waals surface area contributed by atoms with E-state index in [1.807, 2.05) is 0 Å². The normalized spacial score (nSPS) is 10.1. The van der Waals surface area contributed by atoms with E-state index in [0.29, 0.717) is 15.6 Å². The zero-order chi connectivity index (χ0) is 15.9. The van der Waals surface area contributed by atoms with E-state index in [9.17, 15) is 9.59 Å². The quantitative estimate of drug-likeness (QED) is 0.845. The zero-order valence-electron chi connectivity index (χ0n) is 11.3. The molecule has 1 heterocycles. The van der Waals surface area contributed by atoms with Crippen LogP contribution in [0.4, 0.5) is 0 Å². The Morgan fingerprint density at radius 3 is 2.73 bits per heavy atom. The van der Waals surface area contributed by atoms with E-state index >= 15 is 0 Å². The van der Waals surface area contributed by atoms with Gasteiger partial charge in [-0.25, -0.2) is 9.78 Å². The maximum absolute atomic E-state index is 11.6. The second-order valence-electron chi connectivity index (χ2n) is 4.18. The Morgan fingerprint density at radius 1 is 1.23 bits per heavy atom. The second-order valence-corrected chi connectivity index (χ2v) is 5.02. The van der Waals surface area contributed by atoms with Crippen molar-refractivity contribution in [1.29, 1.82) is 0 Å². The molecule has 0 atom stereocenters. The molecule has 22 heavy (non-hydrogen) atoms. The number of amides is 1. The number of carbonyl (C=O) groups excluding carboxylic acids is 2. The first-order valence-corrected chi connectivity index (χ1v) is 6.95. The lowest BCUT2D eigenvalue weighted by molar-refractivity contribution is -0.124. The molecule has 2 rings (SSSR count). The van der Waals surface area contributed by atoms with Gasteiger partial charge in [-0.2, -0.15) is 0 Å². The Hall–Kier alpha value is -2.18. The molecule has 0 aliphatic carbocycles. The van der Waals surface area contributed by atoms with Crippen molar-refractivity contribution in [3.8, 4) is 0 Å². The first-order valence-electron chi connectivity index (χ1n) is 6.20. The van der Waals surface area contributed by atoms with Crippen LogP contribution in [-0.4, -0.2) is 28.5 Å². The van der Waals surface area contributed by atoms with E-state index in [-0.39, 0.29) is 12.2 Å². The second kappa shape index (κ2) is 7.72. The van der Waals surface area contributed by atoms with Crippen LogP contribution in [0.2, 0.25) is 10.0 Å². The van der Waals surface area contributed by atoms with Crippen molar-refractivity contribution in [2.75, 3.05) is 6.61 Å². The monoisotopic (exact) mass is 339 g/mol. The highest BCUT2D eigenvalue weighted by Gasteiger charge is 2.11. The maximum atomic E-state index is 11.6. The molecule has 0 radical (unpaired) electrons. The van der Waals surface area contributed by atoms with Gasteiger partial charge < -0.3 is 10.1 Å². The largest absolute Gasteiger partial charge is 0.451 e. The molecule has 1 amide bonds. The molecule has 1 aromatic carbocycles. The number of halogens is 2. The smallest absolute Gasteiger partial charge is 0.359 e. The Kier molecular flexibility index (Phi) is 5.68. The average molecular weight is 340 g/mol. The predicted molar refractivity (Wildman–Crippen MR) is 80.6 cm³/mol. The van der Waals surface area contributed by atoms with Gasteiger partial charge in [-0.15, -0.1) is 0 Å². The van der Waals surface area contributed by atoms with Crippen molar-refractivity contribution in [1.82, 2.24) is 15.3 Å². The highest BCUT2D eigenvalue weighted by molar-refractivity contribution is 6.35. The molecule has 114 valence electrons. The fourth-order valence-electron chi connectivity index (χ4n) is 1.52. The van der Waals surface area contributed by atoms with Gasteiger partial charge in [0.25, 0.3) is 5.91 Å². The summed E-state index contributed by atoms with van der Waals surface area (Å²) in [6.07, 6.45) is 4.05. The van der Waals surface area contributed by atoms with Crippen molar-refractivity contribution in [2.45, 2.75) is 6.54 Å². The fraction of sp³-hybridized carbons (Fsp3) is 0.143. The molecule has 0 aliphatic rings. The average Bonchev–Trinajstić information content (AvgIpc) is 2.52. The lowest BCUT2D eigenvalue weighted by atomic mass is 10.2. The molecule has 0 bridgehead atoms. The molecule has 0 aliphatic heterocycles. The maximum Gasteiger partial charge on any atom is 0.359 e. The molecule has 2 aromatic rings. The summed E-state index contributed by atoms with van der Waals surface area (Å²) in [4.78, 5) is 30.7. The van der Waals surface area contributed by atoms with Gasteiger partial charge in [0, 0.05) is 29.0 Å². The van der Waals surface area contributed by atoms with Crippen molar-refractivity contribution in [2.24, 2.45) is 0 Å². The summed E-state index contributed by atoms with van der Waals surface area (Å²) in [7, 11) is 0. The summed E-state index contributed by atoms with van der Waals surface area (Å²) in [6, 6.07) is 4.96. The molecule has 0 unspecified atom stereocenters. The van der Waals surface area contributed by atoms with Crippen LogP contribution in [0.1, 0.15) is 16.1 Å². The van der Waals surface area contributed by atoms with Gasteiger partial charge >= 0.3 is 5.97 Å². The van der Waals surface area contributed by atoms with Crippen LogP contribution < -0.4 is 5.32 Å². The minimum absolute atomic E-state index is 0.0380. The third-order valence-electron chi connectivity index (χ3n) is 2.60. The Labute approximate surface area is 136 Å². The first-order chi connectivity index (χ1) is 10.6. The summed E-state index contributed by atoms with van der Waals surface area (Å²) in [5.74, 6) is -1.17. The first kappa shape index (κ1) is 16.2. The molecule has 0 fully saturated rings. The Morgan fingerprint density at radius 2 is 2.05 bits per heavy atom. The number of rotatable bonds is 5. The number of carbonyl (C=O) groups is 2. The van der Waals surface area contributed by atoms with Crippen molar-refractivity contribution in [3.63, 3.8) is 0 Å². The summed E-state index contributed by atoms with van der Waals surface area (Å²) in [6.45, 7) is -0.210. The summed E-state index contributed by atoms with van der Waals surface area (Å²) in [5, 5.41) is 3.55. The predicted octanol–water partition coefficient (Wildman–Crippen LogP) is 2.26. The number of nitrogens with zero attached hydrogens (tertiary/aromatic N) is 2. The van der Waals surface area contributed by atoms with Crippen molar-refractivity contribution < 1.29 is 14.3 Å². The van der Waals surface area contributed by atoms with Gasteiger partial charge in [0.1, 0.15) is 0 Å². The van der Waals surface area contributed by atoms with Gasteiger partial charge in [0.15, 0.2) is 12.3 Å². The topological polar surface area (TPSA) is 81.2 Å². The van der Waals surface area contributed by atoms with E-state index < -0.39 is 18.5 Å². The lowest BCUT2D eigenvalue weighted by Gasteiger charge is -2.08. The van der Waals surface area contributed by atoms with E-state index in [4.69, 9.17) is 27.9 Å². The lowest BCUT2D eigenvalue weighted by Crippen LogP contribution is -2.28. The molecule has 1 N–H and O–H groups in total. The number of esters is 1. The number of hydrogen-bond donors (Lipinski definition) is 1. The van der Waals surface area contributed by atoms with Crippen molar-refractivity contribution >= 4 is 35.1 Å². The van der Waals surface area contributed by atoms with Gasteiger partial charge in [0.2, 0.25) is 0 Å². The number of benzene rings is 1. The molecule has 1 aromatic heterocycles. The molecule has 0 saturated heterocycles. The molecule has 0 spiro atoms. The highest BCUT2D eigenvalue weighted by Crippen LogP contribution is 2.20. The molecular formula is C14H11Cl2N3O3. The Balaban J connectivity index is 1.80. The van der Waals surface area contributed by atoms with Gasteiger partial charge in [-0.05, 0) is 17.7 Å². The molecule has 8 heteroatoms. The summed E-state index contributed by atoms with van der Waals surface area (Å²) >= 11 is 11.8. The number of nitrogens with one attached hydrogen (secondary N) is 1. The zero-order valence-corrected chi connectivity index (χ0v) is 12.8. The molecule has 0 saturated carbocycles. The third-order valence-corrected chi connectivity index (χ3v) is 3.18. The van der Waals surface area contributed by atoms with Crippen molar-refractivity contribution in [3.05, 3.63) is 58.1 Å². The van der Waals surface area contributed by atoms with Crippen LogP contribution in [0, 0.1) is 0 Å². The summed E-state index contributed by atoms with van der Waals surface area (Å²) < 4.78 is 4.82. The van der Waals surface area contributed by atoms with E-state index in [2.05, 4.69) is 15.3 Å². The van der Waals surface area contributed by atoms with Crippen LogP contribution in [0.5, 0.6) is 0 Å². The minimum Gasteiger partial charge on any atom is -0.451 e. The molecular weight excluding hydrogens is 329 g/mol. The number of aromatic nitrogens is 2. The van der Waals surface area contributed by atoms with Crippen LogP contribution in [0.3, 0.4) is 0 Å². The van der Waals surface area contributed by atoms with Crippen LogP contribution >= 0.6 is 23.2 Å². The number of hydrogen-bond acceptors (Lipinski definition) is 5. The minimum atomic E-state index is -0.715. The fourth-order valence-corrected chi connectivity index (χ4v) is 1.99. The van der Waals surface area contributed by atoms with Crippen LogP contribution in [0.15, 0.2) is 36.8 Å².